The van der Waals surface area contributed by atoms with Gasteiger partial charge in [-0.05, 0) is 30.1 Å². The number of carboxylic acid groups (broad SMARTS) is 2. The van der Waals surface area contributed by atoms with Crippen molar-refractivity contribution in [1.29, 1.82) is 0 Å². The number of fused-ring (bicyclic) bond motifs is 1. The minimum atomic E-state index is -5.08. The number of alkyl halides is 3. The highest BCUT2D eigenvalue weighted by Gasteiger charge is 2.42. The first-order valence-corrected chi connectivity index (χ1v) is 7.14. The van der Waals surface area contributed by atoms with Crippen molar-refractivity contribution in [2.24, 2.45) is 5.73 Å². The van der Waals surface area contributed by atoms with E-state index in [0.29, 0.717) is 35.5 Å². The summed E-state index contributed by atoms with van der Waals surface area (Å²) in [5, 5.41) is 26.2. The molecule has 1 heterocycles. The SMILES string of the molecule is Cc1cc(OCCN)cc2c1C(O)(CC(=O)O)O[B]2.O=C(O)C(F)(F)F. The largest absolute Gasteiger partial charge is 0.492 e. The van der Waals surface area contributed by atoms with E-state index in [2.05, 4.69) is 0 Å². The standard InChI is InChI=1S/C12H15BNO5.C2HF3O2/c1-7-4-8(18-3-2-14)5-9-11(7)12(17,19-13-9)6-10(15)16;3-2(4,5)1(6)7/h4-5,17H,2-3,6,14H2,1H3,(H,15,16);(H,6,7). The molecule has 0 amide bonds. The van der Waals surface area contributed by atoms with Crippen LogP contribution in [0.4, 0.5) is 13.2 Å². The Kier molecular flexibility index (Phi) is 7.01. The first kappa shape index (κ1) is 21.7. The molecule has 0 aliphatic carbocycles. The van der Waals surface area contributed by atoms with Gasteiger partial charge in [0.25, 0.3) is 0 Å². The molecular weight excluding hydrogens is 362 g/mol. The highest BCUT2D eigenvalue weighted by Crippen LogP contribution is 2.33. The molecule has 0 saturated carbocycles. The van der Waals surface area contributed by atoms with E-state index < -0.39 is 30.3 Å². The molecule has 0 bridgehead atoms. The van der Waals surface area contributed by atoms with Crippen LogP contribution >= 0.6 is 0 Å². The zero-order valence-electron chi connectivity index (χ0n) is 13.5. The predicted octanol–water partition coefficient (Wildman–Crippen LogP) is -0.140. The zero-order chi connectivity index (χ0) is 20.1. The number of aliphatic carboxylic acids is 2. The molecule has 0 saturated heterocycles. The van der Waals surface area contributed by atoms with Gasteiger partial charge >= 0.3 is 25.6 Å². The molecule has 1 unspecified atom stereocenters. The summed E-state index contributed by atoms with van der Waals surface area (Å²) in [4.78, 5) is 19.7. The number of benzene rings is 1. The van der Waals surface area contributed by atoms with Crippen LogP contribution in [0.3, 0.4) is 0 Å². The van der Waals surface area contributed by atoms with Gasteiger partial charge in [-0.3, -0.25) is 4.79 Å². The Morgan fingerprint density at radius 3 is 2.38 bits per heavy atom. The lowest BCUT2D eigenvalue weighted by atomic mass is 9.83. The maximum absolute atomic E-state index is 10.8. The van der Waals surface area contributed by atoms with Crippen molar-refractivity contribution in [3.8, 4) is 5.75 Å². The second-order valence-electron chi connectivity index (χ2n) is 5.24. The molecule has 1 radical (unpaired) electrons. The molecule has 1 aromatic carbocycles. The Morgan fingerprint density at radius 2 is 1.92 bits per heavy atom. The summed E-state index contributed by atoms with van der Waals surface area (Å²) in [6.07, 6.45) is -5.60. The average Bonchev–Trinajstić information content (AvgIpc) is 2.81. The highest BCUT2D eigenvalue weighted by atomic mass is 19.4. The van der Waals surface area contributed by atoms with Gasteiger partial charge in [0.15, 0.2) is 5.79 Å². The minimum Gasteiger partial charge on any atom is -0.492 e. The van der Waals surface area contributed by atoms with Crippen LogP contribution in [-0.2, 0) is 20.0 Å². The van der Waals surface area contributed by atoms with E-state index in [1.165, 1.54) is 7.48 Å². The first-order valence-electron chi connectivity index (χ1n) is 7.14. The molecule has 8 nitrogen and oxygen atoms in total. The van der Waals surface area contributed by atoms with Crippen molar-refractivity contribution in [2.75, 3.05) is 13.2 Å². The van der Waals surface area contributed by atoms with Crippen LogP contribution in [0, 0.1) is 6.92 Å². The smallest absolute Gasteiger partial charge is 0.490 e. The molecule has 12 heteroatoms. The fraction of sp³-hybridized carbons (Fsp3) is 0.429. The molecule has 0 aromatic heterocycles. The summed E-state index contributed by atoms with van der Waals surface area (Å²) in [5.74, 6) is -5.09. The summed E-state index contributed by atoms with van der Waals surface area (Å²) in [6.45, 7) is 2.56. The van der Waals surface area contributed by atoms with Crippen LogP contribution in [0.2, 0.25) is 0 Å². The fourth-order valence-electron chi connectivity index (χ4n) is 2.22. The minimum absolute atomic E-state index is 0.387. The molecule has 143 valence electrons. The molecular formula is C14H16BF3NO7. The van der Waals surface area contributed by atoms with E-state index in [1.807, 2.05) is 0 Å². The van der Waals surface area contributed by atoms with Crippen LogP contribution in [-0.4, -0.2) is 54.1 Å². The number of aliphatic hydroxyl groups is 1. The van der Waals surface area contributed by atoms with Crippen molar-refractivity contribution in [3.05, 3.63) is 23.3 Å². The Labute approximate surface area is 146 Å². The highest BCUT2D eigenvalue weighted by molar-refractivity contribution is 6.49. The predicted molar refractivity (Wildman–Crippen MR) is 82.0 cm³/mol. The summed E-state index contributed by atoms with van der Waals surface area (Å²) in [5.41, 5.74) is 7.16. The number of hydrogen-bond donors (Lipinski definition) is 4. The zero-order valence-corrected chi connectivity index (χ0v) is 13.5. The molecule has 26 heavy (non-hydrogen) atoms. The quantitative estimate of drug-likeness (QED) is 0.520. The van der Waals surface area contributed by atoms with Crippen molar-refractivity contribution in [3.63, 3.8) is 0 Å². The number of carbonyl (C=O) groups is 2. The Morgan fingerprint density at radius 1 is 1.35 bits per heavy atom. The van der Waals surface area contributed by atoms with Gasteiger partial charge in [0.2, 0.25) is 0 Å². The lowest BCUT2D eigenvalue weighted by Gasteiger charge is -2.24. The third-order valence-electron chi connectivity index (χ3n) is 3.13. The van der Waals surface area contributed by atoms with Crippen molar-refractivity contribution in [1.82, 2.24) is 0 Å². The van der Waals surface area contributed by atoms with Crippen LogP contribution < -0.4 is 15.9 Å². The summed E-state index contributed by atoms with van der Waals surface area (Å²) in [6, 6.07) is 3.42. The van der Waals surface area contributed by atoms with E-state index in [1.54, 1.807) is 19.1 Å². The summed E-state index contributed by atoms with van der Waals surface area (Å²) >= 11 is 0. The Balaban J connectivity index is 0.000000412. The third-order valence-corrected chi connectivity index (χ3v) is 3.13. The number of hydrogen-bond acceptors (Lipinski definition) is 6. The van der Waals surface area contributed by atoms with Gasteiger partial charge in [0.1, 0.15) is 18.8 Å². The number of rotatable bonds is 5. The normalized spacial score (nSPS) is 18.2. The van der Waals surface area contributed by atoms with Crippen LogP contribution in [0.5, 0.6) is 5.75 Å². The topological polar surface area (TPSA) is 139 Å². The number of carboxylic acids is 2. The van der Waals surface area contributed by atoms with Gasteiger partial charge in [-0.1, -0.05) is 0 Å². The lowest BCUT2D eigenvalue weighted by molar-refractivity contribution is -0.192. The molecule has 0 fully saturated rings. The van der Waals surface area contributed by atoms with Gasteiger partial charge in [-0.2, -0.15) is 13.2 Å². The number of ether oxygens (including phenoxy) is 1. The van der Waals surface area contributed by atoms with Gasteiger partial charge in [0.05, 0.1) is 0 Å². The molecule has 0 spiro atoms. The second kappa shape index (κ2) is 8.38. The number of nitrogens with two attached hydrogens (primary N) is 1. The Bertz CT molecular complexity index is 683. The molecule has 1 aromatic rings. The van der Waals surface area contributed by atoms with Crippen LogP contribution in [0.15, 0.2) is 12.1 Å². The first-order chi connectivity index (χ1) is 11.9. The lowest BCUT2D eigenvalue weighted by Crippen LogP contribution is -2.30. The van der Waals surface area contributed by atoms with E-state index >= 15 is 0 Å². The van der Waals surface area contributed by atoms with Crippen molar-refractivity contribution in [2.45, 2.75) is 25.3 Å². The maximum Gasteiger partial charge on any atom is 0.490 e. The van der Waals surface area contributed by atoms with Gasteiger partial charge < -0.3 is 30.4 Å². The molecule has 1 aliphatic rings. The van der Waals surface area contributed by atoms with E-state index in [9.17, 15) is 23.1 Å². The van der Waals surface area contributed by atoms with E-state index in [0.717, 1.165) is 0 Å². The summed E-state index contributed by atoms with van der Waals surface area (Å²) in [7, 11) is 1.35. The fourth-order valence-corrected chi connectivity index (χ4v) is 2.22. The van der Waals surface area contributed by atoms with E-state index in [4.69, 9.17) is 30.1 Å². The number of halogens is 3. The third kappa shape index (κ3) is 5.61. The maximum atomic E-state index is 10.8. The monoisotopic (exact) mass is 378 g/mol. The molecule has 1 aliphatic heterocycles. The molecule has 2 rings (SSSR count). The summed E-state index contributed by atoms with van der Waals surface area (Å²) < 4.78 is 42.3. The average molecular weight is 378 g/mol. The van der Waals surface area contributed by atoms with E-state index in [-0.39, 0.29) is 0 Å². The van der Waals surface area contributed by atoms with Crippen LogP contribution in [0.1, 0.15) is 17.5 Å². The molecule has 1 atom stereocenters. The van der Waals surface area contributed by atoms with Gasteiger partial charge in [-0.25, -0.2) is 4.79 Å². The van der Waals surface area contributed by atoms with Crippen molar-refractivity contribution >= 4 is 24.9 Å². The number of aryl methyl sites for hydroxylation is 1. The van der Waals surface area contributed by atoms with Gasteiger partial charge in [0, 0.05) is 12.1 Å². The van der Waals surface area contributed by atoms with Crippen LogP contribution in [0.25, 0.3) is 0 Å². The van der Waals surface area contributed by atoms with Gasteiger partial charge in [-0.15, -0.1) is 0 Å². The Hall–Kier alpha value is -2.31. The van der Waals surface area contributed by atoms with Crippen molar-refractivity contribution < 1.29 is 47.5 Å². The molecule has 5 N–H and O–H groups in total. The second-order valence-corrected chi connectivity index (χ2v) is 5.24.